The minimum absolute atomic E-state index is 0.0238. The first-order valence-electron chi connectivity index (χ1n) is 5.99. The van der Waals surface area contributed by atoms with Crippen LogP contribution in [0.1, 0.15) is 19.8 Å². The first-order chi connectivity index (χ1) is 9.21. The minimum atomic E-state index is -4.04. The zero-order chi connectivity index (χ0) is 15.0. The maximum atomic E-state index is 13.4. The molecule has 0 aliphatic carbocycles. The van der Waals surface area contributed by atoms with Gasteiger partial charge in [-0.05, 0) is 38.0 Å². The molecule has 2 rings (SSSR count). The summed E-state index contributed by atoms with van der Waals surface area (Å²) >= 11 is 0. The van der Waals surface area contributed by atoms with Crippen LogP contribution in [0, 0.1) is 5.82 Å². The summed E-state index contributed by atoms with van der Waals surface area (Å²) in [4.78, 5) is 11.7. The van der Waals surface area contributed by atoms with Crippen LogP contribution < -0.4 is 10.5 Å². The van der Waals surface area contributed by atoms with Crippen LogP contribution in [0.15, 0.2) is 23.1 Å². The number of nitrogens with one attached hydrogen (secondary N) is 1. The fourth-order valence-electron chi connectivity index (χ4n) is 2.02. The third-order valence-corrected chi connectivity index (χ3v) is 4.05. The van der Waals surface area contributed by atoms with Crippen LogP contribution in [-0.4, -0.2) is 26.5 Å². The second kappa shape index (κ2) is 5.12. The maximum Gasteiger partial charge on any atom is 0.256 e. The van der Waals surface area contributed by atoms with E-state index in [9.17, 15) is 17.6 Å². The highest BCUT2D eigenvalue weighted by Gasteiger charge is 2.37. The van der Waals surface area contributed by atoms with Gasteiger partial charge >= 0.3 is 0 Å². The number of benzene rings is 1. The van der Waals surface area contributed by atoms with Crippen LogP contribution in [-0.2, 0) is 19.6 Å². The third-order valence-electron chi connectivity index (χ3n) is 3.16. The van der Waals surface area contributed by atoms with E-state index in [-0.39, 0.29) is 5.69 Å². The smallest absolute Gasteiger partial charge is 0.256 e. The van der Waals surface area contributed by atoms with Crippen LogP contribution in [0.2, 0.25) is 0 Å². The average molecular weight is 302 g/mol. The number of carbonyl (C=O) groups is 1. The van der Waals surface area contributed by atoms with Gasteiger partial charge in [-0.3, -0.25) is 4.79 Å². The molecule has 20 heavy (non-hydrogen) atoms. The SMILES string of the molecule is CC1(C(=O)Nc2cc(F)cc(S(N)(=O)=O)c2)CCCO1. The fraction of sp³-hybridized carbons (Fsp3) is 0.417. The van der Waals surface area contributed by atoms with Crippen molar-refractivity contribution in [3.63, 3.8) is 0 Å². The predicted molar refractivity (Wildman–Crippen MR) is 70.0 cm³/mol. The van der Waals surface area contributed by atoms with E-state index >= 15 is 0 Å². The van der Waals surface area contributed by atoms with E-state index in [2.05, 4.69) is 5.32 Å². The van der Waals surface area contributed by atoms with Gasteiger partial charge in [0, 0.05) is 12.3 Å². The van der Waals surface area contributed by atoms with Gasteiger partial charge in [-0.25, -0.2) is 17.9 Å². The van der Waals surface area contributed by atoms with Crippen molar-refractivity contribution >= 4 is 21.6 Å². The number of hydrogen-bond acceptors (Lipinski definition) is 4. The molecule has 1 saturated heterocycles. The topological polar surface area (TPSA) is 98.5 Å². The molecule has 1 fully saturated rings. The van der Waals surface area contributed by atoms with Gasteiger partial charge in [0.2, 0.25) is 10.0 Å². The van der Waals surface area contributed by atoms with Crippen LogP contribution in [0.5, 0.6) is 0 Å². The van der Waals surface area contributed by atoms with Crippen LogP contribution in [0.25, 0.3) is 0 Å². The number of halogens is 1. The highest BCUT2D eigenvalue weighted by atomic mass is 32.2. The summed E-state index contributed by atoms with van der Waals surface area (Å²) in [6, 6.07) is 2.91. The van der Waals surface area contributed by atoms with E-state index in [1.807, 2.05) is 0 Å². The second-order valence-corrected chi connectivity index (χ2v) is 6.42. The van der Waals surface area contributed by atoms with Crippen molar-refractivity contribution in [1.82, 2.24) is 0 Å². The molecular formula is C12H15FN2O4S. The quantitative estimate of drug-likeness (QED) is 0.869. The van der Waals surface area contributed by atoms with Crippen molar-refractivity contribution in [2.24, 2.45) is 5.14 Å². The molecule has 8 heteroatoms. The molecular weight excluding hydrogens is 287 g/mol. The zero-order valence-electron chi connectivity index (χ0n) is 10.8. The van der Waals surface area contributed by atoms with E-state index in [0.717, 1.165) is 24.6 Å². The van der Waals surface area contributed by atoms with Crippen molar-refractivity contribution in [2.75, 3.05) is 11.9 Å². The summed E-state index contributed by atoms with van der Waals surface area (Å²) in [6.07, 6.45) is 1.31. The first-order valence-corrected chi connectivity index (χ1v) is 7.54. The minimum Gasteiger partial charge on any atom is -0.365 e. The maximum absolute atomic E-state index is 13.4. The number of primary sulfonamides is 1. The highest BCUT2D eigenvalue weighted by molar-refractivity contribution is 7.89. The lowest BCUT2D eigenvalue weighted by Gasteiger charge is -2.22. The lowest BCUT2D eigenvalue weighted by atomic mass is 10.0. The Morgan fingerprint density at radius 1 is 1.45 bits per heavy atom. The number of ether oxygens (including phenoxy) is 1. The largest absolute Gasteiger partial charge is 0.365 e. The summed E-state index contributed by atoms with van der Waals surface area (Å²) in [5.74, 6) is -1.25. The standard InChI is InChI=1S/C12H15FN2O4S/c1-12(3-2-4-19-12)11(16)15-9-5-8(13)6-10(7-9)20(14,17)18/h5-7H,2-4H2,1H3,(H,15,16)(H2,14,17,18). The molecule has 1 atom stereocenters. The Morgan fingerprint density at radius 3 is 2.70 bits per heavy atom. The lowest BCUT2D eigenvalue weighted by Crippen LogP contribution is -2.39. The van der Waals surface area contributed by atoms with Gasteiger partial charge < -0.3 is 10.1 Å². The van der Waals surface area contributed by atoms with Crippen molar-refractivity contribution in [1.29, 1.82) is 0 Å². The molecule has 1 unspecified atom stereocenters. The zero-order valence-corrected chi connectivity index (χ0v) is 11.7. The number of carbonyl (C=O) groups excluding carboxylic acids is 1. The van der Waals surface area contributed by atoms with Crippen LogP contribution in [0.4, 0.5) is 10.1 Å². The van der Waals surface area contributed by atoms with Gasteiger partial charge in [0.15, 0.2) is 0 Å². The third kappa shape index (κ3) is 3.14. The molecule has 0 radical (unpaired) electrons. The Morgan fingerprint density at radius 2 is 2.15 bits per heavy atom. The Labute approximate surface area is 116 Å². The Balaban J connectivity index is 2.26. The molecule has 0 aromatic heterocycles. The van der Waals surface area contributed by atoms with E-state index in [0.29, 0.717) is 13.0 Å². The Bertz CT molecular complexity index is 639. The number of sulfonamides is 1. The summed E-state index contributed by atoms with van der Waals surface area (Å²) in [5, 5.41) is 7.40. The second-order valence-electron chi connectivity index (χ2n) is 4.86. The molecule has 1 aromatic carbocycles. The molecule has 1 aromatic rings. The van der Waals surface area contributed by atoms with Crippen molar-refractivity contribution in [3.8, 4) is 0 Å². The molecule has 1 aliphatic rings. The molecule has 1 amide bonds. The summed E-state index contributed by atoms with van der Waals surface area (Å²) < 4.78 is 41.2. The van der Waals surface area contributed by atoms with Crippen LogP contribution >= 0.6 is 0 Å². The summed E-state index contributed by atoms with van der Waals surface area (Å²) in [5.41, 5.74) is -0.954. The predicted octanol–water partition coefficient (Wildman–Crippen LogP) is 0.981. The molecule has 110 valence electrons. The van der Waals surface area contributed by atoms with Gasteiger partial charge in [0.05, 0.1) is 4.90 Å². The Hall–Kier alpha value is -1.51. The molecule has 1 heterocycles. The molecule has 1 aliphatic heterocycles. The number of rotatable bonds is 3. The fourth-order valence-corrected chi connectivity index (χ4v) is 2.59. The number of nitrogens with two attached hydrogens (primary N) is 1. The molecule has 0 saturated carbocycles. The van der Waals surface area contributed by atoms with Gasteiger partial charge in [-0.1, -0.05) is 0 Å². The first kappa shape index (κ1) is 14.9. The van der Waals surface area contributed by atoms with E-state index in [1.54, 1.807) is 6.92 Å². The molecule has 0 bridgehead atoms. The monoisotopic (exact) mass is 302 g/mol. The molecule has 0 spiro atoms. The van der Waals surface area contributed by atoms with Gasteiger partial charge in [0.1, 0.15) is 11.4 Å². The van der Waals surface area contributed by atoms with Gasteiger partial charge in [0.25, 0.3) is 5.91 Å². The van der Waals surface area contributed by atoms with Crippen molar-refractivity contribution in [2.45, 2.75) is 30.3 Å². The molecule has 3 N–H and O–H groups in total. The lowest BCUT2D eigenvalue weighted by molar-refractivity contribution is -0.133. The number of amides is 1. The van der Waals surface area contributed by atoms with Crippen molar-refractivity contribution in [3.05, 3.63) is 24.0 Å². The molecule has 6 nitrogen and oxygen atoms in total. The number of anilines is 1. The van der Waals surface area contributed by atoms with E-state index in [1.165, 1.54) is 0 Å². The highest BCUT2D eigenvalue weighted by Crippen LogP contribution is 2.27. The Kier molecular flexibility index (Phi) is 3.81. The average Bonchev–Trinajstić information content (AvgIpc) is 2.75. The summed E-state index contributed by atoms with van der Waals surface area (Å²) in [7, 11) is -4.04. The van der Waals surface area contributed by atoms with Gasteiger partial charge in [-0.15, -0.1) is 0 Å². The van der Waals surface area contributed by atoms with E-state index < -0.39 is 32.2 Å². The number of hydrogen-bond donors (Lipinski definition) is 2. The van der Waals surface area contributed by atoms with Crippen molar-refractivity contribution < 1.29 is 22.3 Å². The van der Waals surface area contributed by atoms with Gasteiger partial charge in [-0.2, -0.15) is 0 Å². The normalized spacial score (nSPS) is 22.8. The summed E-state index contributed by atoms with van der Waals surface area (Å²) in [6.45, 7) is 2.12. The van der Waals surface area contributed by atoms with E-state index in [4.69, 9.17) is 9.88 Å². The van der Waals surface area contributed by atoms with Crippen LogP contribution in [0.3, 0.4) is 0 Å².